The van der Waals surface area contributed by atoms with Gasteiger partial charge in [-0.1, -0.05) is 13.0 Å². The van der Waals surface area contributed by atoms with E-state index in [1.54, 1.807) is 0 Å². The summed E-state index contributed by atoms with van der Waals surface area (Å²) in [6.07, 6.45) is 5.38. The van der Waals surface area contributed by atoms with Gasteiger partial charge in [-0.2, -0.15) is 0 Å². The quantitative estimate of drug-likeness (QED) is 0.728. The van der Waals surface area contributed by atoms with E-state index >= 15 is 0 Å². The van der Waals surface area contributed by atoms with Crippen molar-refractivity contribution in [3.63, 3.8) is 0 Å². The maximum atomic E-state index is 12.4. The van der Waals surface area contributed by atoms with Crippen LogP contribution in [0.3, 0.4) is 0 Å². The lowest BCUT2D eigenvalue weighted by Crippen LogP contribution is -2.43. The first-order valence-electron chi connectivity index (χ1n) is 6.64. The van der Waals surface area contributed by atoms with Gasteiger partial charge in [-0.3, -0.25) is 4.79 Å². The summed E-state index contributed by atoms with van der Waals surface area (Å²) in [5.74, 6) is 0.403. The normalized spacial score (nSPS) is 27.2. The molecule has 4 nitrogen and oxygen atoms in total. The van der Waals surface area contributed by atoms with Gasteiger partial charge in [0.25, 0.3) is 0 Å². The molecule has 5 heteroatoms. The molecule has 0 N–H and O–H groups in total. The van der Waals surface area contributed by atoms with Crippen LogP contribution in [0, 0.1) is 0 Å². The van der Waals surface area contributed by atoms with Crippen LogP contribution in [0.15, 0.2) is 11.6 Å². The van der Waals surface area contributed by atoms with Crippen molar-refractivity contribution >= 4 is 15.7 Å². The summed E-state index contributed by atoms with van der Waals surface area (Å²) in [5.41, 5.74) is 0.744. The molecule has 18 heavy (non-hydrogen) atoms. The second kappa shape index (κ2) is 5.03. The maximum Gasteiger partial charge on any atom is 0.249 e. The Kier molecular flexibility index (Phi) is 3.80. The van der Waals surface area contributed by atoms with Crippen molar-refractivity contribution in [2.24, 2.45) is 0 Å². The third kappa shape index (κ3) is 2.94. The average molecular weight is 271 g/mol. The number of hydrogen-bond acceptors (Lipinski definition) is 3. The van der Waals surface area contributed by atoms with Crippen LogP contribution < -0.4 is 0 Å². The van der Waals surface area contributed by atoms with Crippen LogP contribution in [0.5, 0.6) is 0 Å². The third-order valence-corrected chi connectivity index (χ3v) is 5.37. The smallest absolute Gasteiger partial charge is 0.249 e. The number of sulfone groups is 1. The Morgan fingerprint density at radius 1 is 1.28 bits per heavy atom. The van der Waals surface area contributed by atoms with Crippen LogP contribution >= 0.6 is 0 Å². The minimum atomic E-state index is -2.93. The van der Waals surface area contributed by atoms with E-state index in [-0.39, 0.29) is 29.5 Å². The fraction of sp³-hybridized carbons (Fsp3) is 0.769. The second-order valence-corrected chi connectivity index (χ2v) is 7.52. The molecule has 2 fully saturated rings. The summed E-state index contributed by atoms with van der Waals surface area (Å²) in [6.45, 7) is 3.82. The SMILES string of the molecule is CCC=C(C)C(=O)N(C1CC1)C1CCS(=O)(=O)C1. The summed E-state index contributed by atoms with van der Waals surface area (Å²) < 4.78 is 23.1. The Bertz CT molecular complexity index is 463. The number of amides is 1. The van der Waals surface area contributed by atoms with E-state index < -0.39 is 9.84 Å². The standard InChI is InChI=1S/C13H21NO3S/c1-3-4-10(2)13(15)14(11-5-6-11)12-7-8-18(16,17)9-12/h4,11-12H,3,5-9H2,1-2H3. The fourth-order valence-electron chi connectivity index (χ4n) is 2.57. The molecular formula is C13H21NO3S. The predicted molar refractivity (Wildman–Crippen MR) is 71.0 cm³/mol. The van der Waals surface area contributed by atoms with Gasteiger partial charge in [0.2, 0.25) is 5.91 Å². The monoisotopic (exact) mass is 271 g/mol. The number of nitrogens with zero attached hydrogens (tertiary/aromatic N) is 1. The summed E-state index contributed by atoms with van der Waals surface area (Å²) in [5, 5.41) is 0. The zero-order valence-electron chi connectivity index (χ0n) is 11.1. The highest BCUT2D eigenvalue weighted by molar-refractivity contribution is 7.91. The predicted octanol–water partition coefficient (Wildman–Crippen LogP) is 1.52. The van der Waals surface area contributed by atoms with E-state index in [1.807, 2.05) is 24.8 Å². The molecule has 1 aliphatic heterocycles. The number of hydrogen-bond donors (Lipinski definition) is 0. The lowest BCUT2D eigenvalue weighted by atomic mass is 10.1. The Morgan fingerprint density at radius 3 is 2.39 bits per heavy atom. The zero-order chi connectivity index (χ0) is 13.3. The van der Waals surface area contributed by atoms with Crippen molar-refractivity contribution in [1.82, 2.24) is 4.90 Å². The van der Waals surface area contributed by atoms with Gasteiger partial charge in [0.15, 0.2) is 9.84 Å². The number of rotatable bonds is 4. The maximum absolute atomic E-state index is 12.4. The van der Waals surface area contributed by atoms with Gasteiger partial charge in [-0.15, -0.1) is 0 Å². The molecule has 2 aliphatic rings. The molecule has 0 aromatic carbocycles. The van der Waals surface area contributed by atoms with E-state index in [0.717, 1.165) is 24.8 Å². The molecule has 0 aromatic heterocycles. The molecule has 2 rings (SSSR count). The molecule has 1 atom stereocenters. The average Bonchev–Trinajstić information content (AvgIpc) is 3.04. The summed E-state index contributed by atoms with van der Waals surface area (Å²) in [7, 11) is -2.93. The van der Waals surface area contributed by atoms with Crippen molar-refractivity contribution in [3.8, 4) is 0 Å². The molecule has 1 heterocycles. The molecular weight excluding hydrogens is 250 g/mol. The molecule has 0 radical (unpaired) electrons. The van der Waals surface area contributed by atoms with E-state index in [1.165, 1.54) is 0 Å². The first kappa shape index (κ1) is 13.6. The van der Waals surface area contributed by atoms with Crippen molar-refractivity contribution in [2.75, 3.05) is 11.5 Å². The van der Waals surface area contributed by atoms with Gasteiger partial charge in [0.05, 0.1) is 11.5 Å². The largest absolute Gasteiger partial charge is 0.332 e. The Labute approximate surface area is 109 Å². The van der Waals surface area contributed by atoms with Gasteiger partial charge in [-0.25, -0.2) is 8.42 Å². The van der Waals surface area contributed by atoms with Crippen LogP contribution in [0.4, 0.5) is 0 Å². The minimum Gasteiger partial charge on any atom is -0.332 e. The molecule has 1 saturated heterocycles. The first-order chi connectivity index (χ1) is 8.44. The number of allylic oxidation sites excluding steroid dienone is 1. The molecule has 1 amide bonds. The molecule has 1 saturated carbocycles. The highest BCUT2D eigenvalue weighted by Gasteiger charge is 2.42. The zero-order valence-corrected chi connectivity index (χ0v) is 11.9. The first-order valence-corrected chi connectivity index (χ1v) is 8.46. The van der Waals surface area contributed by atoms with Crippen molar-refractivity contribution in [3.05, 3.63) is 11.6 Å². The lowest BCUT2D eigenvalue weighted by molar-refractivity contribution is -0.129. The third-order valence-electron chi connectivity index (χ3n) is 3.62. The van der Waals surface area contributed by atoms with Gasteiger partial charge < -0.3 is 4.90 Å². The van der Waals surface area contributed by atoms with Crippen molar-refractivity contribution in [2.45, 2.75) is 51.6 Å². The van der Waals surface area contributed by atoms with E-state index in [9.17, 15) is 13.2 Å². The fourth-order valence-corrected chi connectivity index (χ4v) is 4.29. The molecule has 0 spiro atoms. The minimum absolute atomic E-state index is 0.0291. The topological polar surface area (TPSA) is 54.5 Å². The molecule has 0 aromatic rings. The summed E-state index contributed by atoms with van der Waals surface area (Å²) >= 11 is 0. The van der Waals surface area contributed by atoms with Crippen LogP contribution in [0.2, 0.25) is 0 Å². The van der Waals surface area contributed by atoms with Gasteiger partial charge in [0.1, 0.15) is 0 Å². The second-order valence-electron chi connectivity index (χ2n) is 5.30. The number of carbonyl (C=O) groups excluding carboxylic acids is 1. The molecule has 102 valence electrons. The highest BCUT2D eigenvalue weighted by Crippen LogP contribution is 2.33. The highest BCUT2D eigenvalue weighted by atomic mass is 32.2. The Morgan fingerprint density at radius 2 is 1.94 bits per heavy atom. The summed E-state index contributed by atoms with van der Waals surface area (Å²) in [6, 6.07) is 0.172. The van der Waals surface area contributed by atoms with Gasteiger partial charge in [0, 0.05) is 17.7 Å². The van der Waals surface area contributed by atoms with Crippen LogP contribution in [0.25, 0.3) is 0 Å². The Hall–Kier alpha value is -0.840. The van der Waals surface area contributed by atoms with E-state index in [0.29, 0.717) is 6.42 Å². The Balaban J connectivity index is 2.14. The molecule has 0 bridgehead atoms. The lowest BCUT2D eigenvalue weighted by Gasteiger charge is -2.28. The summed E-state index contributed by atoms with van der Waals surface area (Å²) in [4.78, 5) is 14.2. The van der Waals surface area contributed by atoms with E-state index in [4.69, 9.17) is 0 Å². The van der Waals surface area contributed by atoms with Crippen LogP contribution in [-0.2, 0) is 14.6 Å². The molecule has 1 unspecified atom stereocenters. The number of carbonyl (C=O) groups is 1. The van der Waals surface area contributed by atoms with Gasteiger partial charge >= 0.3 is 0 Å². The van der Waals surface area contributed by atoms with Crippen LogP contribution in [0.1, 0.15) is 39.5 Å². The van der Waals surface area contributed by atoms with Crippen LogP contribution in [-0.4, -0.2) is 42.8 Å². The van der Waals surface area contributed by atoms with Crippen molar-refractivity contribution in [1.29, 1.82) is 0 Å². The van der Waals surface area contributed by atoms with Gasteiger partial charge in [-0.05, 0) is 32.6 Å². The van der Waals surface area contributed by atoms with E-state index in [2.05, 4.69) is 0 Å². The van der Waals surface area contributed by atoms with Crippen molar-refractivity contribution < 1.29 is 13.2 Å². The molecule has 1 aliphatic carbocycles.